The van der Waals surface area contributed by atoms with Crippen LogP contribution in [0.1, 0.15) is 45.2 Å². The Labute approximate surface area is 299 Å². The van der Waals surface area contributed by atoms with Crippen LogP contribution in [0.25, 0.3) is 11.3 Å². The summed E-state index contributed by atoms with van der Waals surface area (Å²) in [5.74, 6) is 0.236. The van der Waals surface area contributed by atoms with Gasteiger partial charge < -0.3 is 20.0 Å². The van der Waals surface area contributed by atoms with Crippen molar-refractivity contribution in [3.05, 3.63) is 124 Å². The van der Waals surface area contributed by atoms with Gasteiger partial charge in [0, 0.05) is 74.4 Å². The highest BCUT2D eigenvalue weighted by atomic mass is 35.5. The number of amides is 2. The minimum absolute atomic E-state index is 0.0819. The molecule has 4 heterocycles. The van der Waals surface area contributed by atoms with E-state index in [0.717, 1.165) is 43.2 Å². The first-order valence-corrected chi connectivity index (χ1v) is 17.3. The van der Waals surface area contributed by atoms with Crippen LogP contribution in [0.15, 0.2) is 91.3 Å². The molecule has 3 aromatic carbocycles. The molecule has 50 heavy (non-hydrogen) atoms. The smallest absolute Gasteiger partial charge is 0.253 e. The number of nitrogens with one attached hydrogen (secondary N) is 1. The van der Waals surface area contributed by atoms with Crippen molar-refractivity contribution in [2.75, 3.05) is 49.1 Å². The lowest BCUT2D eigenvalue weighted by atomic mass is 10.0. The topological polar surface area (TPSA) is 99.5 Å². The summed E-state index contributed by atoms with van der Waals surface area (Å²) in [7, 11) is 0. The lowest BCUT2D eigenvalue weighted by Gasteiger charge is -2.36. The average Bonchev–Trinajstić information content (AvgIpc) is 3.64. The second-order valence-electron chi connectivity index (χ2n) is 12.4. The van der Waals surface area contributed by atoms with Gasteiger partial charge in [0.25, 0.3) is 11.8 Å². The van der Waals surface area contributed by atoms with Crippen molar-refractivity contribution in [1.82, 2.24) is 30.2 Å². The summed E-state index contributed by atoms with van der Waals surface area (Å²) in [6.07, 6.45) is 5.02. The standard InChI is InChI=1S/C37H35Cl2FN8O2/c38-31-5-2-6-32(39)35(31)33-24-48(44-43-33)30-12-15-47(16-13-30)37(50)27-4-1-3-26(22-27)36(49)42-23-25-11-14-41-34(21-25)46-19-17-45(18-20-46)29-9-7-28(40)8-10-29/h1-11,14,21-22,24,30H,12-13,15-20,23H2,(H,42,49). The van der Waals surface area contributed by atoms with Gasteiger partial charge >= 0.3 is 0 Å². The number of piperidine rings is 1. The van der Waals surface area contributed by atoms with Gasteiger partial charge in [0.2, 0.25) is 0 Å². The van der Waals surface area contributed by atoms with Crippen molar-refractivity contribution >= 4 is 46.5 Å². The number of carbonyl (C=O) groups excluding carboxylic acids is 2. The van der Waals surface area contributed by atoms with Crippen molar-refractivity contribution in [2.24, 2.45) is 0 Å². The van der Waals surface area contributed by atoms with Crippen molar-refractivity contribution in [3.63, 3.8) is 0 Å². The molecule has 2 fully saturated rings. The maximum Gasteiger partial charge on any atom is 0.253 e. The summed E-state index contributed by atoms with van der Waals surface area (Å²) < 4.78 is 15.2. The zero-order valence-corrected chi connectivity index (χ0v) is 28.7. The van der Waals surface area contributed by atoms with E-state index in [1.54, 1.807) is 60.8 Å². The van der Waals surface area contributed by atoms with Crippen LogP contribution < -0.4 is 15.1 Å². The molecule has 5 aromatic rings. The summed E-state index contributed by atoms with van der Waals surface area (Å²) in [5.41, 5.74) is 4.08. The van der Waals surface area contributed by atoms with Gasteiger partial charge in [-0.3, -0.25) is 9.59 Å². The first-order valence-electron chi connectivity index (χ1n) is 16.6. The van der Waals surface area contributed by atoms with E-state index >= 15 is 0 Å². The molecule has 256 valence electrons. The third-order valence-electron chi connectivity index (χ3n) is 9.29. The van der Waals surface area contributed by atoms with Gasteiger partial charge in [0.1, 0.15) is 17.3 Å². The third kappa shape index (κ3) is 7.44. The number of likely N-dealkylation sites (tertiary alicyclic amines) is 1. The zero-order chi connectivity index (χ0) is 34.6. The van der Waals surface area contributed by atoms with E-state index in [4.69, 9.17) is 23.2 Å². The summed E-state index contributed by atoms with van der Waals surface area (Å²) in [5, 5.41) is 12.6. The number of benzene rings is 3. The van der Waals surface area contributed by atoms with Crippen LogP contribution in [0, 0.1) is 5.82 Å². The van der Waals surface area contributed by atoms with E-state index in [-0.39, 0.29) is 23.7 Å². The number of hydrogen-bond acceptors (Lipinski definition) is 7. The number of rotatable bonds is 8. The predicted octanol–water partition coefficient (Wildman–Crippen LogP) is 6.52. The number of carbonyl (C=O) groups is 2. The Morgan fingerprint density at radius 2 is 1.50 bits per heavy atom. The van der Waals surface area contributed by atoms with Crippen LogP contribution >= 0.6 is 23.2 Å². The molecule has 2 saturated heterocycles. The Morgan fingerprint density at radius 1 is 0.820 bits per heavy atom. The monoisotopic (exact) mass is 712 g/mol. The second-order valence-corrected chi connectivity index (χ2v) is 13.3. The number of nitrogens with zero attached hydrogens (tertiary/aromatic N) is 7. The van der Waals surface area contributed by atoms with E-state index in [2.05, 4.69) is 30.4 Å². The molecule has 0 saturated carbocycles. The van der Waals surface area contributed by atoms with Crippen molar-refractivity contribution in [2.45, 2.75) is 25.4 Å². The molecule has 0 aliphatic carbocycles. The lowest BCUT2D eigenvalue weighted by Crippen LogP contribution is -2.46. The fourth-order valence-corrected chi connectivity index (χ4v) is 7.09. The highest BCUT2D eigenvalue weighted by molar-refractivity contribution is 6.39. The fraction of sp³-hybridized carbons (Fsp3) is 0.270. The Balaban J connectivity index is 0.912. The quantitative estimate of drug-likeness (QED) is 0.196. The number of aromatic nitrogens is 4. The lowest BCUT2D eigenvalue weighted by molar-refractivity contribution is 0.0689. The number of halogens is 3. The van der Waals surface area contributed by atoms with Gasteiger partial charge in [-0.15, -0.1) is 5.10 Å². The molecule has 0 radical (unpaired) electrons. The van der Waals surface area contributed by atoms with Crippen molar-refractivity contribution in [1.29, 1.82) is 0 Å². The molecule has 0 atom stereocenters. The number of piperazine rings is 1. The van der Waals surface area contributed by atoms with Gasteiger partial charge in [-0.25, -0.2) is 14.1 Å². The first kappa shape index (κ1) is 33.5. The van der Waals surface area contributed by atoms with Crippen LogP contribution in [0.4, 0.5) is 15.9 Å². The first-order chi connectivity index (χ1) is 24.3. The van der Waals surface area contributed by atoms with Gasteiger partial charge in [-0.2, -0.15) is 0 Å². The minimum Gasteiger partial charge on any atom is -0.368 e. The molecule has 2 amide bonds. The van der Waals surface area contributed by atoms with E-state index in [1.165, 1.54) is 12.1 Å². The Morgan fingerprint density at radius 3 is 2.24 bits per heavy atom. The SMILES string of the molecule is O=C(NCc1ccnc(N2CCN(c3ccc(F)cc3)CC2)c1)c1cccc(C(=O)N2CCC(n3cc(-c4c(Cl)cccc4Cl)nn3)CC2)c1. The molecule has 0 spiro atoms. The summed E-state index contributed by atoms with van der Waals surface area (Å²) in [6.45, 7) is 4.57. The highest BCUT2D eigenvalue weighted by Gasteiger charge is 2.27. The predicted molar refractivity (Wildman–Crippen MR) is 192 cm³/mol. The largest absolute Gasteiger partial charge is 0.368 e. The fourth-order valence-electron chi connectivity index (χ4n) is 6.50. The average molecular weight is 714 g/mol. The zero-order valence-electron chi connectivity index (χ0n) is 27.2. The maximum absolute atomic E-state index is 13.5. The van der Waals surface area contributed by atoms with E-state index in [0.29, 0.717) is 64.9 Å². The molecule has 13 heteroatoms. The Bertz CT molecular complexity index is 1970. The van der Waals surface area contributed by atoms with Crippen LogP contribution in [0.5, 0.6) is 0 Å². The van der Waals surface area contributed by atoms with Crippen LogP contribution in [-0.2, 0) is 6.54 Å². The molecule has 0 unspecified atom stereocenters. The summed E-state index contributed by atoms with van der Waals surface area (Å²) >= 11 is 12.7. The molecular weight excluding hydrogens is 678 g/mol. The molecule has 2 aliphatic rings. The molecule has 10 nitrogen and oxygen atoms in total. The highest BCUT2D eigenvalue weighted by Crippen LogP contribution is 2.34. The van der Waals surface area contributed by atoms with E-state index in [1.807, 2.05) is 27.9 Å². The molecule has 2 aromatic heterocycles. The van der Waals surface area contributed by atoms with Crippen LogP contribution in [0.2, 0.25) is 10.0 Å². The number of pyridine rings is 1. The van der Waals surface area contributed by atoms with Gasteiger partial charge in [-0.1, -0.05) is 40.5 Å². The molecule has 0 bridgehead atoms. The van der Waals surface area contributed by atoms with Gasteiger partial charge in [0.15, 0.2) is 0 Å². The second kappa shape index (κ2) is 14.9. The third-order valence-corrected chi connectivity index (χ3v) is 9.92. The minimum atomic E-state index is -0.259. The van der Waals surface area contributed by atoms with E-state index < -0.39 is 0 Å². The van der Waals surface area contributed by atoms with Crippen LogP contribution in [0.3, 0.4) is 0 Å². The molecular formula is C37H35Cl2FN8O2. The maximum atomic E-state index is 13.5. The summed E-state index contributed by atoms with van der Waals surface area (Å²) in [4.78, 5) is 37.5. The Hall–Kier alpha value is -5.00. The van der Waals surface area contributed by atoms with Crippen molar-refractivity contribution < 1.29 is 14.0 Å². The Kier molecular flexibility index (Phi) is 9.95. The van der Waals surface area contributed by atoms with E-state index in [9.17, 15) is 14.0 Å². The number of anilines is 2. The molecule has 2 aliphatic heterocycles. The molecule has 7 rings (SSSR count). The molecule has 1 N–H and O–H groups in total. The van der Waals surface area contributed by atoms with Gasteiger partial charge in [-0.05, 0) is 85.1 Å². The summed E-state index contributed by atoms with van der Waals surface area (Å²) in [6, 6.07) is 22.7. The van der Waals surface area contributed by atoms with Crippen LogP contribution in [-0.4, -0.2) is 76.0 Å². The van der Waals surface area contributed by atoms with Crippen molar-refractivity contribution in [3.8, 4) is 11.3 Å². The van der Waals surface area contributed by atoms with Gasteiger partial charge in [0.05, 0.1) is 22.3 Å². The number of hydrogen-bond donors (Lipinski definition) is 1. The normalized spacial score (nSPS) is 15.3.